The Labute approximate surface area is 139 Å². The van der Waals surface area contributed by atoms with Crippen LogP contribution in [0, 0.1) is 5.92 Å². The van der Waals surface area contributed by atoms with Gasteiger partial charge in [0.25, 0.3) is 0 Å². The zero-order chi connectivity index (χ0) is 17.0. The number of amides is 2. The predicted molar refractivity (Wildman–Crippen MR) is 83.2 cm³/mol. The number of hydrogen-bond donors (Lipinski definition) is 0. The Balaban J connectivity index is 2.04. The van der Waals surface area contributed by atoms with Gasteiger partial charge in [-0.15, -0.1) is 0 Å². The van der Waals surface area contributed by atoms with Gasteiger partial charge in [0.2, 0.25) is 11.8 Å². The van der Waals surface area contributed by atoms with E-state index in [9.17, 15) is 14.4 Å². The number of nitrogens with zero attached hydrogens (tertiary/aromatic N) is 1. The predicted octanol–water partition coefficient (Wildman–Crippen LogP) is 1.83. The second kappa shape index (κ2) is 7.46. The van der Waals surface area contributed by atoms with Crippen LogP contribution in [-0.2, 0) is 25.5 Å². The molecule has 0 aromatic heterocycles. The molecule has 1 atom stereocenters. The number of benzene rings is 1. The third kappa shape index (κ3) is 4.01. The summed E-state index contributed by atoms with van der Waals surface area (Å²) in [6.07, 6.45) is 0.468. The van der Waals surface area contributed by atoms with Crippen molar-refractivity contribution < 1.29 is 23.9 Å². The summed E-state index contributed by atoms with van der Waals surface area (Å²) in [5, 5.41) is 0.449. The minimum Gasteiger partial charge on any atom is -0.495 e. The fourth-order valence-electron chi connectivity index (χ4n) is 2.53. The van der Waals surface area contributed by atoms with E-state index >= 15 is 0 Å². The molecule has 1 aliphatic rings. The van der Waals surface area contributed by atoms with Crippen LogP contribution < -0.4 is 4.74 Å². The number of esters is 1. The van der Waals surface area contributed by atoms with Crippen LogP contribution in [0.4, 0.5) is 0 Å². The van der Waals surface area contributed by atoms with Crippen molar-refractivity contribution in [2.75, 3.05) is 20.3 Å². The van der Waals surface area contributed by atoms with Crippen LogP contribution >= 0.6 is 11.6 Å². The standard InChI is InChI=1S/C16H18ClNO5/c1-3-23-15(20)9-18-14(19)8-11(16(18)21)6-10-4-5-13(22-2)12(17)7-10/h4-5,7,11H,3,6,8-9H2,1-2H3. The van der Waals surface area contributed by atoms with Gasteiger partial charge in [-0.2, -0.15) is 0 Å². The number of carbonyl (C=O) groups is 3. The van der Waals surface area contributed by atoms with Gasteiger partial charge in [0.15, 0.2) is 0 Å². The molecule has 0 saturated carbocycles. The lowest BCUT2D eigenvalue weighted by Crippen LogP contribution is -2.36. The minimum absolute atomic E-state index is 0.0852. The summed E-state index contributed by atoms with van der Waals surface area (Å²) in [6.45, 7) is 1.55. The lowest BCUT2D eigenvalue weighted by Gasteiger charge is -2.14. The fourth-order valence-corrected chi connectivity index (χ4v) is 2.81. The first-order valence-electron chi connectivity index (χ1n) is 7.28. The van der Waals surface area contributed by atoms with Crippen LogP contribution in [0.15, 0.2) is 18.2 Å². The molecule has 6 nitrogen and oxygen atoms in total. The summed E-state index contributed by atoms with van der Waals surface area (Å²) in [5.74, 6) is -1.22. The molecule has 0 N–H and O–H groups in total. The lowest BCUT2D eigenvalue weighted by atomic mass is 9.98. The third-order valence-electron chi connectivity index (χ3n) is 3.63. The number of imide groups is 1. The maximum absolute atomic E-state index is 12.3. The summed E-state index contributed by atoms with van der Waals surface area (Å²) in [6, 6.07) is 5.23. The van der Waals surface area contributed by atoms with E-state index in [1.54, 1.807) is 25.1 Å². The zero-order valence-corrected chi connectivity index (χ0v) is 13.8. The number of carbonyl (C=O) groups excluding carboxylic acids is 3. The summed E-state index contributed by atoms with van der Waals surface area (Å²) < 4.78 is 9.86. The maximum Gasteiger partial charge on any atom is 0.326 e. The molecule has 1 unspecified atom stereocenters. The summed E-state index contributed by atoms with van der Waals surface area (Å²) >= 11 is 6.06. The van der Waals surface area contributed by atoms with E-state index in [1.807, 2.05) is 0 Å². The van der Waals surface area contributed by atoms with Crippen molar-refractivity contribution in [1.82, 2.24) is 4.90 Å². The highest BCUT2D eigenvalue weighted by Crippen LogP contribution is 2.28. The van der Waals surface area contributed by atoms with Gasteiger partial charge in [-0.25, -0.2) is 0 Å². The molecule has 23 heavy (non-hydrogen) atoms. The van der Waals surface area contributed by atoms with Crippen molar-refractivity contribution in [3.8, 4) is 5.75 Å². The number of rotatable bonds is 6. The first-order chi connectivity index (χ1) is 11.0. The van der Waals surface area contributed by atoms with Crippen molar-refractivity contribution in [3.63, 3.8) is 0 Å². The van der Waals surface area contributed by atoms with Crippen LogP contribution in [0.1, 0.15) is 18.9 Å². The Morgan fingerprint density at radius 2 is 2.13 bits per heavy atom. The molecule has 1 saturated heterocycles. The van der Waals surface area contributed by atoms with Gasteiger partial charge in [0, 0.05) is 6.42 Å². The van der Waals surface area contributed by atoms with Gasteiger partial charge < -0.3 is 9.47 Å². The molecule has 7 heteroatoms. The molecule has 0 spiro atoms. The van der Waals surface area contributed by atoms with Gasteiger partial charge in [-0.1, -0.05) is 17.7 Å². The first kappa shape index (κ1) is 17.3. The number of methoxy groups -OCH3 is 1. The minimum atomic E-state index is -0.581. The van der Waals surface area contributed by atoms with E-state index in [1.165, 1.54) is 7.11 Å². The topological polar surface area (TPSA) is 72.9 Å². The van der Waals surface area contributed by atoms with Crippen molar-refractivity contribution in [1.29, 1.82) is 0 Å². The van der Waals surface area contributed by atoms with Crippen LogP contribution in [-0.4, -0.2) is 42.9 Å². The molecule has 1 heterocycles. The van der Waals surface area contributed by atoms with E-state index in [2.05, 4.69) is 0 Å². The molecular formula is C16H18ClNO5. The molecule has 0 aliphatic carbocycles. The Kier molecular flexibility index (Phi) is 5.60. The highest BCUT2D eigenvalue weighted by molar-refractivity contribution is 6.32. The largest absolute Gasteiger partial charge is 0.495 e. The van der Waals surface area contributed by atoms with Gasteiger partial charge >= 0.3 is 5.97 Å². The van der Waals surface area contributed by atoms with E-state index < -0.39 is 11.9 Å². The highest BCUT2D eigenvalue weighted by Gasteiger charge is 2.39. The second-order valence-electron chi connectivity index (χ2n) is 5.20. The average molecular weight is 340 g/mol. The number of halogens is 1. The SMILES string of the molecule is CCOC(=O)CN1C(=O)CC(Cc2ccc(OC)c(Cl)c2)C1=O. The summed E-state index contributed by atoms with van der Waals surface area (Å²) in [7, 11) is 1.52. The Morgan fingerprint density at radius 1 is 1.39 bits per heavy atom. The molecule has 1 aliphatic heterocycles. The molecule has 0 bridgehead atoms. The molecule has 1 aromatic carbocycles. The van der Waals surface area contributed by atoms with E-state index in [0.717, 1.165) is 10.5 Å². The zero-order valence-electron chi connectivity index (χ0n) is 13.0. The van der Waals surface area contributed by atoms with Crippen molar-refractivity contribution >= 4 is 29.4 Å². The summed E-state index contributed by atoms with van der Waals surface area (Å²) in [4.78, 5) is 36.7. The number of ether oxygens (including phenoxy) is 2. The van der Waals surface area contributed by atoms with Crippen LogP contribution in [0.3, 0.4) is 0 Å². The van der Waals surface area contributed by atoms with Crippen LogP contribution in [0.2, 0.25) is 5.02 Å². The first-order valence-corrected chi connectivity index (χ1v) is 7.66. The normalized spacial score (nSPS) is 17.5. The van der Waals surface area contributed by atoms with E-state index in [4.69, 9.17) is 21.1 Å². The van der Waals surface area contributed by atoms with Crippen molar-refractivity contribution in [3.05, 3.63) is 28.8 Å². The molecule has 2 amide bonds. The smallest absolute Gasteiger partial charge is 0.326 e. The van der Waals surface area contributed by atoms with Crippen LogP contribution in [0.5, 0.6) is 5.75 Å². The fraction of sp³-hybridized carbons (Fsp3) is 0.438. The lowest BCUT2D eigenvalue weighted by molar-refractivity contribution is -0.152. The van der Waals surface area contributed by atoms with Gasteiger partial charge in [0.05, 0.1) is 24.7 Å². The second-order valence-corrected chi connectivity index (χ2v) is 5.60. The van der Waals surface area contributed by atoms with Crippen molar-refractivity contribution in [2.45, 2.75) is 19.8 Å². The summed E-state index contributed by atoms with van der Waals surface area (Å²) in [5.41, 5.74) is 0.833. The average Bonchev–Trinajstić information content (AvgIpc) is 2.75. The Hall–Kier alpha value is -2.08. The molecule has 1 fully saturated rings. The van der Waals surface area contributed by atoms with Crippen molar-refractivity contribution in [2.24, 2.45) is 5.92 Å². The Bertz CT molecular complexity index is 631. The van der Waals surface area contributed by atoms with E-state index in [-0.39, 0.29) is 31.4 Å². The van der Waals surface area contributed by atoms with Gasteiger partial charge in [0.1, 0.15) is 12.3 Å². The Morgan fingerprint density at radius 3 is 2.74 bits per heavy atom. The van der Waals surface area contributed by atoms with Gasteiger partial charge in [-0.05, 0) is 31.0 Å². The van der Waals surface area contributed by atoms with Gasteiger partial charge in [-0.3, -0.25) is 19.3 Å². The monoisotopic (exact) mass is 339 g/mol. The van der Waals surface area contributed by atoms with E-state index in [0.29, 0.717) is 17.2 Å². The number of hydrogen-bond acceptors (Lipinski definition) is 5. The quantitative estimate of drug-likeness (QED) is 0.584. The molecule has 124 valence electrons. The number of likely N-dealkylation sites (tertiary alicyclic amines) is 1. The molecule has 1 aromatic rings. The molecule has 2 rings (SSSR count). The molecular weight excluding hydrogens is 322 g/mol. The van der Waals surface area contributed by atoms with Crippen LogP contribution in [0.25, 0.3) is 0 Å². The third-order valence-corrected chi connectivity index (χ3v) is 3.92. The highest BCUT2D eigenvalue weighted by atomic mass is 35.5. The maximum atomic E-state index is 12.3. The molecule has 0 radical (unpaired) electrons.